The Morgan fingerprint density at radius 2 is 1.40 bits per heavy atom. The van der Waals surface area contributed by atoms with Crippen LogP contribution >= 0.6 is 23.2 Å². The Kier molecular flexibility index (Phi) is 3.20. The van der Waals surface area contributed by atoms with E-state index < -0.39 is 0 Å². The predicted molar refractivity (Wildman–Crippen MR) is 79.5 cm³/mol. The van der Waals surface area contributed by atoms with E-state index in [1.807, 2.05) is 0 Å². The predicted octanol–water partition coefficient (Wildman–Crippen LogP) is 4.46. The van der Waals surface area contributed by atoms with Crippen LogP contribution in [0.15, 0.2) is 48.0 Å². The normalized spacial score (nSPS) is 13.6. The molecule has 2 nitrogen and oxygen atoms in total. The van der Waals surface area contributed by atoms with Gasteiger partial charge in [0.05, 0.1) is 15.6 Å². The van der Waals surface area contributed by atoms with Gasteiger partial charge < -0.3 is 0 Å². The first-order valence-corrected chi connectivity index (χ1v) is 6.68. The van der Waals surface area contributed by atoms with Crippen molar-refractivity contribution in [3.8, 4) is 0 Å². The van der Waals surface area contributed by atoms with Gasteiger partial charge in [0.1, 0.15) is 0 Å². The molecular formula is C16H8Cl2O2. The van der Waals surface area contributed by atoms with Crippen LogP contribution in [0.5, 0.6) is 0 Å². The lowest BCUT2D eigenvalue weighted by molar-refractivity contribution is 0.0990. The number of allylic oxidation sites excluding steroid dienone is 1. The van der Waals surface area contributed by atoms with Crippen LogP contribution in [0.3, 0.4) is 0 Å². The van der Waals surface area contributed by atoms with Gasteiger partial charge in [-0.3, -0.25) is 9.59 Å². The molecule has 1 aliphatic carbocycles. The number of fused-ring (bicyclic) bond motifs is 1. The lowest BCUT2D eigenvalue weighted by Gasteiger charge is -1.99. The summed E-state index contributed by atoms with van der Waals surface area (Å²) in [6.07, 6.45) is 1.55. The molecule has 0 aromatic heterocycles. The van der Waals surface area contributed by atoms with Crippen molar-refractivity contribution in [1.82, 2.24) is 0 Å². The van der Waals surface area contributed by atoms with Gasteiger partial charge in [0, 0.05) is 11.1 Å². The van der Waals surface area contributed by atoms with E-state index in [9.17, 15) is 9.59 Å². The van der Waals surface area contributed by atoms with Crippen LogP contribution in [0, 0.1) is 0 Å². The van der Waals surface area contributed by atoms with Gasteiger partial charge in [-0.1, -0.05) is 53.5 Å². The molecule has 0 radical (unpaired) electrons. The molecule has 0 N–H and O–H groups in total. The van der Waals surface area contributed by atoms with E-state index in [1.54, 1.807) is 48.5 Å². The van der Waals surface area contributed by atoms with E-state index in [1.165, 1.54) is 0 Å². The first-order valence-electron chi connectivity index (χ1n) is 5.93. The van der Waals surface area contributed by atoms with E-state index in [2.05, 4.69) is 0 Å². The van der Waals surface area contributed by atoms with Crippen molar-refractivity contribution in [3.05, 3.63) is 74.8 Å². The van der Waals surface area contributed by atoms with Crippen LogP contribution in [-0.4, -0.2) is 11.6 Å². The van der Waals surface area contributed by atoms with Crippen LogP contribution in [-0.2, 0) is 0 Å². The second kappa shape index (κ2) is 4.89. The lowest BCUT2D eigenvalue weighted by atomic mass is 10.1. The first-order chi connectivity index (χ1) is 9.58. The van der Waals surface area contributed by atoms with Gasteiger partial charge in [-0.05, 0) is 23.8 Å². The summed E-state index contributed by atoms with van der Waals surface area (Å²) >= 11 is 11.8. The van der Waals surface area contributed by atoms with Crippen molar-refractivity contribution in [2.75, 3.05) is 0 Å². The number of hydrogen-bond acceptors (Lipinski definition) is 2. The molecule has 2 aromatic rings. The molecule has 20 heavy (non-hydrogen) atoms. The standard InChI is InChI=1S/C16H8Cl2O2/c17-13-6-5-9(8-14(13)18)7-12-15(19)10-3-1-2-4-11(10)16(12)20/h1-8H. The van der Waals surface area contributed by atoms with Crippen LogP contribution in [0.4, 0.5) is 0 Å². The number of hydrogen-bond donors (Lipinski definition) is 0. The van der Waals surface area contributed by atoms with E-state index in [-0.39, 0.29) is 17.1 Å². The number of rotatable bonds is 1. The Morgan fingerprint density at radius 1 is 0.800 bits per heavy atom. The second-order valence-corrected chi connectivity index (χ2v) is 5.25. The third kappa shape index (κ3) is 2.07. The van der Waals surface area contributed by atoms with Gasteiger partial charge in [0.25, 0.3) is 0 Å². The van der Waals surface area contributed by atoms with Gasteiger partial charge in [0.2, 0.25) is 0 Å². The fourth-order valence-electron chi connectivity index (χ4n) is 2.17. The molecule has 0 spiro atoms. The van der Waals surface area contributed by atoms with E-state index in [0.717, 1.165) is 0 Å². The molecule has 0 saturated heterocycles. The minimum absolute atomic E-state index is 0.157. The molecule has 0 bridgehead atoms. The molecule has 4 heteroatoms. The number of ketones is 2. The maximum atomic E-state index is 12.2. The highest BCUT2D eigenvalue weighted by molar-refractivity contribution is 6.43. The monoisotopic (exact) mass is 302 g/mol. The zero-order valence-electron chi connectivity index (χ0n) is 10.2. The van der Waals surface area contributed by atoms with Crippen molar-refractivity contribution in [3.63, 3.8) is 0 Å². The van der Waals surface area contributed by atoms with Crippen molar-refractivity contribution >= 4 is 40.8 Å². The summed E-state index contributed by atoms with van der Waals surface area (Å²) in [6, 6.07) is 11.8. The Balaban J connectivity index is 2.08. The molecule has 1 aliphatic rings. The molecule has 0 amide bonds. The molecular weight excluding hydrogens is 295 g/mol. The van der Waals surface area contributed by atoms with Gasteiger partial charge >= 0.3 is 0 Å². The minimum atomic E-state index is -0.253. The Morgan fingerprint density at radius 3 is 1.95 bits per heavy atom. The third-order valence-electron chi connectivity index (χ3n) is 3.16. The number of carbonyl (C=O) groups excluding carboxylic acids is 2. The second-order valence-electron chi connectivity index (χ2n) is 4.44. The third-order valence-corrected chi connectivity index (χ3v) is 3.90. The summed E-state index contributed by atoms with van der Waals surface area (Å²) in [7, 11) is 0. The average Bonchev–Trinajstić information content (AvgIpc) is 2.69. The molecule has 0 heterocycles. The molecule has 0 atom stereocenters. The van der Waals surface area contributed by atoms with Crippen LogP contribution in [0.25, 0.3) is 6.08 Å². The smallest absolute Gasteiger partial charge is 0.197 e. The van der Waals surface area contributed by atoms with Crippen molar-refractivity contribution in [2.24, 2.45) is 0 Å². The first kappa shape index (κ1) is 13.1. The lowest BCUT2D eigenvalue weighted by Crippen LogP contribution is -2.00. The molecule has 3 rings (SSSR count). The highest BCUT2D eigenvalue weighted by atomic mass is 35.5. The topological polar surface area (TPSA) is 34.1 Å². The van der Waals surface area contributed by atoms with E-state index in [4.69, 9.17) is 23.2 Å². The van der Waals surface area contributed by atoms with Crippen LogP contribution < -0.4 is 0 Å². The molecule has 0 fully saturated rings. The van der Waals surface area contributed by atoms with Crippen LogP contribution in [0.1, 0.15) is 26.3 Å². The molecule has 0 aliphatic heterocycles. The van der Waals surface area contributed by atoms with Crippen molar-refractivity contribution < 1.29 is 9.59 Å². The fraction of sp³-hybridized carbons (Fsp3) is 0. The number of Topliss-reactive ketones (excluding diaryl/α,β-unsaturated/α-hetero) is 2. The van der Waals surface area contributed by atoms with Gasteiger partial charge in [-0.25, -0.2) is 0 Å². The number of carbonyl (C=O) groups is 2. The van der Waals surface area contributed by atoms with Gasteiger partial charge in [-0.15, -0.1) is 0 Å². The average molecular weight is 303 g/mol. The Bertz CT molecular complexity index is 739. The zero-order chi connectivity index (χ0) is 14.3. The number of benzene rings is 2. The SMILES string of the molecule is O=C1C(=Cc2ccc(Cl)c(Cl)c2)C(=O)c2ccccc21. The highest BCUT2D eigenvalue weighted by Crippen LogP contribution is 2.29. The Labute approximate surface area is 125 Å². The summed E-state index contributed by atoms with van der Waals surface area (Å²) < 4.78 is 0. The van der Waals surface area contributed by atoms with Gasteiger partial charge in [-0.2, -0.15) is 0 Å². The van der Waals surface area contributed by atoms with Gasteiger partial charge in [0.15, 0.2) is 11.6 Å². The quantitative estimate of drug-likeness (QED) is 0.576. The largest absolute Gasteiger partial charge is 0.288 e. The summed E-state index contributed by atoms with van der Waals surface area (Å²) in [5.74, 6) is -0.506. The van der Waals surface area contributed by atoms with Crippen molar-refractivity contribution in [2.45, 2.75) is 0 Å². The van der Waals surface area contributed by atoms with E-state index in [0.29, 0.717) is 26.7 Å². The molecule has 0 unspecified atom stereocenters. The summed E-state index contributed by atoms with van der Waals surface area (Å²) in [4.78, 5) is 24.4. The summed E-state index contributed by atoms with van der Waals surface area (Å²) in [5.41, 5.74) is 1.72. The maximum absolute atomic E-state index is 12.2. The molecule has 2 aromatic carbocycles. The molecule has 0 saturated carbocycles. The highest BCUT2D eigenvalue weighted by Gasteiger charge is 2.32. The minimum Gasteiger partial charge on any atom is -0.288 e. The zero-order valence-corrected chi connectivity index (χ0v) is 11.7. The Hall–Kier alpha value is -1.90. The fourth-order valence-corrected chi connectivity index (χ4v) is 2.48. The molecule has 98 valence electrons. The summed E-state index contributed by atoms with van der Waals surface area (Å²) in [6.45, 7) is 0. The summed E-state index contributed by atoms with van der Waals surface area (Å²) in [5, 5.41) is 0.817. The van der Waals surface area contributed by atoms with E-state index >= 15 is 0 Å². The van der Waals surface area contributed by atoms with Crippen molar-refractivity contribution in [1.29, 1.82) is 0 Å². The number of halogens is 2. The van der Waals surface area contributed by atoms with Crippen LogP contribution in [0.2, 0.25) is 10.0 Å². The maximum Gasteiger partial charge on any atom is 0.197 e.